The fourth-order valence-electron chi connectivity index (χ4n) is 3.41. The number of methoxy groups -OCH3 is 2. The van der Waals surface area contributed by atoms with E-state index in [1.807, 2.05) is 0 Å². The molecule has 1 aromatic rings. The number of hydrogen-bond acceptors (Lipinski definition) is 7. The SMILES string of the molecule is COc1cccc(OC)c1C(=O)N[C@@H]1C(=O)N2C(C(=O)[O-])C(C)(C)S[C@H]12.[Na+]. The molecular weight excluding hydrogens is 383 g/mol. The van der Waals surface area contributed by atoms with Gasteiger partial charge in [0.25, 0.3) is 5.91 Å². The predicted octanol–water partition coefficient (Wildman–Crippen LogP) is -3.38. The van der Waals surface area contributed by atoms with Crippen molar-refractivity contribution in [2.75, 3.05) is 14.2 Å². The van der Waals surface area contributed by atoms with E-state index in [4.69, 9.17) is 9.47 Å². The van der Waals surface area contributed by atoms with Gasteiger partial charge in [0.2, 0.25) is 5.91 Å². The maximum atomic E-state index is 12.7. The number of amides is 2. The molecule has 27 heavy (non-hydrogen) atoms. The molecule has 3 rings (SSSR count). The van der Waals surface area contributed by atoms with E-state index in [1.54, 1.807) is 32.0 Å². The number of carboxylic acids is 1. The minimum absolute atomic E-state index is 0. The van der Waals surface area contributed by atoms with Crippen LogP contribution in [0.4, 0.5) is 0 Å². The van der Waals surface area contributed by atoms with Crippen LogP contribution in [0.3, 0.4) is 0 Å². The fraction of sp³-hybridized carbons (Fsp3) is 0.471. The molecule has 1 aromatic carbocycles. The third kappa shape index (κ3) is 3.53. The van der Waals surface area contributed by atoms with Crippen LogP contribution in [0.5, 0.6) is 11.5 Å². The summed E-state index contributed by atoms with van der Waals surface area (Å²) in [5.74, 6) is -1.62. The Morgan fingerprint density at radius 1 is 1.22 bits per heavy atom. The van der Waals surface area contributed by atoms with Crippen molar-refractivity contribution in [1.82, 2.24) is 10.2 Å². The van der Waals surface area contributed by atoms with Crippen molar-refractivity contribution in [2.24, 2.45) is 0 Å². The van der Waals surface area contributed by atoms with Gasteiger partial charge in [-0.05, 0) is 26.0 Å². The van der Waals surface area contributed by atoms with Gasteiger partial charge in [0.15, 0.2) is 0 Å². The van der Waals surface area contributed by atoms with Crippen LogP contribution in [-0.2, 0) is 9.59 Å². The van der Waals surface area contributed by atoms with Crippen molar-refractivity contribution in [3.8, 4) is 11.5 Å². The summed E-state index contributed by atoms with van der Waals surface area (Å²) in [4.78, 5) is 37.9. The van der Waals surface area contributed by atoms with Gasteiger partial charge in [0.05, 0.1) is 26.2 Å². The molecule has 2 aliphatic heterocycles. The zero-order chi connectivity index (χ0) is 19.2. The van der Waals surface area contributed by atoms with E-state index in [9.17, 15) is 19.5 Å². The topological polar surface area (TPSA) is 108 Å². The minimum Gasteiger partial charge on any atom is -0.548 e. The summed E-state index contributed by atoms with van der Waals surface area (Å²) < 4.78 is 9.71. The number of thioether (sulfide) groups is 1. The Labute approximate surface area is 183 Å². The largest absolute Gasteiger partial charge is 1.00 e. The van der Waals surface area contributed by atoms with E-state index in [-0.39, 0.29) is 35.1 Å². The summed E-state index contributed by atoms with van der Waals surface area (Å²) >= 11 is 1.33. The maximum Gasteiger partial charge on any atom is 1.00 e. The van der Waals surface area contributed by atoms with Crippen molar-refractivity contribution in [3.05, 3.63) is 23.8 Å². The van der Waals surface area contributed by atoms with E-state index in [0.717, 1.165) is 0 Å². The Bertz CT molecular complexity index is 764. The van der Waals surface area contributed by atoms with Crippen molar-refractivity contribution in [2.45, 2.75) is 36.1 Å². The van der Waals surface area contributed by atoms with Gasteiger partial charge in [-0.3, -0.25) is 9.59 Å². The Morgan fingerprint density at radius 2 is 1.78 bits per heavy atom. The molecule has 0 bridgehead atoms. The first kappa shape index (κ1) is 21.9. The summed E-state index contributed by atoms with van der Waals surface area (Å²) in [6, 6.07) is 3.08. The number of nitrogens with one attached hydrogen (secondary N) is 1. The summed E-state index contributed by atoms with van der Waals surface area (Å²) in [6.07, 6.45) is 0. The van der Waals surface area contributed by atoms with E-state index in [2.05, 4.69) is 5.32 Å². The molecule has 2 saturated heterocycles. The third-order valence-electron chi connectivity index (χ3n) is 4.61. The molecule has 2 heterocycles. The molecule has 1 N–H and O–H groups in total. The van der Waals surface area contributed by atoms with E-state index in [1.165, 1.54) is 30.9 Å². The average Bonchev–Trinajstić information content (AvgIpc) is 2.86. The number of hydrogen-bond donors (Lipinski definition) is 1. The Balaban J connectivity index is 0.00000261. The van der Waals surface area contributed by atoms with Crippen LogP contribution >= 0.6 is 11.8 Å². The van der Waals surface area contributed by atoms with Crippen molar-refractivity contribution in [3.63, 3.8) is 0 Å². The summed E-state index contributed by atoms with van der Waals surface area (Å²) in [5, 5.41) is 13.7. The Morgan fingerprint density at radius 3 is 2.26 bits per heavy atom. The first-order valence-corrected chi connectivity index (χ1v) is 8.83. The van der Waals surface area contributed by atoms with Gasteiger partial charge in [-0.25, -0.2) is 0 Å². The molecule has 3 atom stereocenters. The van der Waals surface area contributed by atoms with Gasteiger partial charge in [-0.1, -0.05) is 6.07 Å². The van der Waals surface area contributed by atoms with Gasteiger partial charge in [0, 0.05) is 4.75 Å². The number of fused-ring (bicyclic) bond motifs is 1. The summed E-state index contributed by atoms with van der Waals surface area (Å²) in [5.41, 5.74) is 0.183. The summed E-state index contributed by atoms with van der Waals surface area (Å²) in [6.45, 7) is 3.48. The number of rotatable bonds is 5. The molecule has 2 aliphatic rings. The molecule has 0 saturated carbocycles. The number of aliphatic carboxylic acids is 1. The monoisotopic (exact) mass is 402 g/mol. The zero-order valence-electron chi connectivity index (χ0n) is 15.8. The summed E-state index contributed by atoms with van der Waals surface area (Å²) in [7, 11) is 2.86. The van der Waals surface area contributed by atoms with Crippen LogP contribution < -0.4 is 49.5 Å². The molecule has 1 unspecified atom stereocenters. The Hall–Kier alpha value is -1.42. The first-order valence-electron chi connectivity index (χ1n) is 7.95. The molecule has 0 spiro atoms. The average molecular weight is 402 g/mol. The molecular formula is C17H19N2NaO6S. The van der Waals surface area contributed by atoms with Crippen LogP contribution in [0.2, 0.25) is 0 Å². The second kappa shape index (κ2) is 7.90. The number of benzene rings is 1. The van der Waals surface area contributed by atoms with Gasteiger partial charge in [-0.15, -0.1) is 11.8 Å². The van der Waals surface area contributed by atoms with Gasteiger partial charge in [0.1, 0.15) is 28.5 Å². The van der Waals surface area contributed by atoms with Crippen molar-refractivity contribution >= 4 is 29.5 Å². The standard InChI is InChI=1S/C17H20N2O6S.Na/c1-17(2)12(16(22)23)19-14(21)11(15(19)26-17)18-13(20)10-8(24-3)6-5-7-9(10)25-4;/h5-7,11-12,15H,1-4H3,(H,18,20)(H,22,23);/q;+1/p-1/t11-,12?,15-;/m1./s1. The van der Waals surface area contributed by atoms with Gasteiger partial charge >= 0.3 is 29.6 Å². The number of nitrogens with zero attached hydrogens (tertiary/aromatic N) is 1. The molecule has 8 nitrogen and oxygen atoms in total. The maximum absolute atomic E-state index is 12.7. The van der Waals surface area contributed by atoms with Crippen LogP contribution in [0.25, 0.3) is 0 Å². The number of β-lactam (4-membered cyclic amide) rings is 1. The molecule has 140 valence electrons. The normalized spacial score (nSPS) is 25.0. The smallest absolute Gasteiger partial charge is 0.548 e. The second-order valence-corrected chi connectivity index (χ2v) is 8.34. The zero-order valence-corrected chi connectivity index (χ0v) is 18.6. The van der Waals surface area contributed by atoms with Crippen LogP contribution in [-0.4, -0.2) is 59.1 Å². The van der Waals surface area contributed by atoms with Crippen molar-refractivity contribution in [1.29, 1.82) is 0 Å². The van der Waals surface area contributed by atoms with E-state index < -0.39 is 40.0 Å². The molecule has 0 aromatic heterocycles. The number of carbonyl (C=O) groups excluding carboxylic acids is 3. The van der Waals surface area contributed by atoms with Crippen molar-refractivity contribution < 1.29 is 58.5 Å². The number of carboxylic acid groups (broad SMARTS) is 1. The number of carbonyl (C=O) groups is 3. The molecule has 10 heteroatoms. The van der Waals surface area contributed by atoms with Gasteiger partial charge in [-0.2, -0.15) is 0 Å². The van der Waals surface area contributed by atoms with Crippen LogP contribution in [0.1, 0.15) is 24.2 Å². The van der Waals surface area contributed by atoms with Crippen LogP contribution in [0.15, 0.2) is 18.2 Å². The van der Waals surface area contributed by atoms with Crippen LogP contribution in [0, 0.1) is 0 Å². The molecule has 0 aliphatic carbocycles. The minimum atomic E-state index is -1.30. The van der Waals surface area contributed by atoms with E-state index in [0.29, 0.717) is 11.5 Å². The quantitative estimate of drug-likeness (QED) is 0.404. The van der Waals surface area contributed by atoms with Gasteiger partial charge < -0.3 is 29.6 Å². The molecule has 2 fully saturated rings. The second-order valence-electron chi connectivity index (χ2n) is 6.57. The first-order chi connectivity index (χ1) is 12.2. The fourth-order valence-corrected chi connectivity index (χ4v) is 5.04. The molecule has 0 radical (unpaired) electrons. The third-order valence-corrected chi connectivity index (χ3v) is 6.18. The molecule has 2 amide bonds. The Kier molecular flexibility index (Phi) is 6.40. The van der Waals surface area contributed by atoms with E-state index >= 15 is 0 Å². The predicted molar refractivity (Wildman–Crippen MR) is 91.9 cm³/mol. The number of ether oxygens (including phenoxy) is 2.